The second-order valence-corrected chi connectivity index (χ2v) is 11.0. The number of furan rings is 1. The fourth-order valence-corrected chi connectivity index (χ4v) is 7.08. The second-order valence-electron chi connectivity index (χ2n) is 8.65. The first-order valence-electron chi connectivity index (χ1n) is 10.8. The molecule has 1 aromatic carbocycles. The highest BCUT2D eigenvalue weighted by atomic mass is 35.5. The number of carbonyl (C=O) groups is 1. The summed E-state index contributed by atoms with van der Waals surface area (Å²) in [4.78, 5) is 16.0. The molecule has 4 atom stereocenters. The van der Waals surface area contributed by atoms with E-state index in [4.69, 9.17) is 28.6 Å². The normalized spacial score (nSPS) is 30.7. The lowest BCUT2D eigenvalue weighted by Gasteiger charge is -2.43. The van der Waals surface area contributed by atoms with Gasteiger partial charge in [-0.2, -0.15) is 0 Å². The van der Waals surface area contributed by atoms with Crippen molar-refractivity contribution >= 4 is 48.0 Å². The molecule has 2 aliphatic carbocycles. The van der Waals surface area contributed by atoms with Crippen LogP contribution in [0.4, 0.5) is 0 Å². The lowest BCUT2D eigenvalue weighted by atomic mass is 9.69. The van der Waals surface area contributed by atoms with E-state index in [1.165, 1.54) is 43.9 Å². The molecule has 6 heteroatoms. The topological polar surface area (TPSA) is 33.5 Å². The fourth-order valence-electron chi connectivity index (χ4n) is 5.32. The molecule has 3 aliphatic rings. The van der Waals surface area contributed by atoms with Gasteiger partial charge in [-0.05, 0) is 67.5 Å². The predicted octanol–water partition coefficient (Wildman–Crippen LogP) is 7.09. The van der Waals surface area contributed by atoms with Crippen LogP contribution in [0, 0.1) is 11.8 Å². The van der Waals surface area contributed by atoms with Gasteiger partial charge in [-0.15, -0.1) is 12.6 Å². The summed E-state index contributed by atoms with van der Waals surface area (Å²) in [7, 11) is 0. The smallest absolute Gasteiger partial charge is 0.262 e. The number of benzene rings is 1. The Kier molecular flexibility index (Phi) is 5.96. The van der Waals surface area contributed by atoms with Crippen LogP contribution < -0.4 is 0 Å². The van der Waals surface area contributed by atoms with Crippen LogP contribution in [0.1, 0.15) is 50.7 Å². The predicted molar refractivity (Wildman–Crippen MR) is 127 cm³/mol. The summed E-state index contributed by atoms with van der Waals surface area (Å²) in [6.07, 6.45) is 10.8. The third kappa shape index (κ3) is 4.09. The maximum atomic E-state index is 13.2. The molecule has 1 aromatic heterocycles. The average molecular weight is 460 g/mol. The van der Waals surface area contributed by atoms with Crippen LogP contribution in [0.3, 0.4) is 0 Å². The summed E-state index contributed by atoms with van der Waals surface area (Å²) in [6.45, 7) is 0. The molecule has 2 saturated carbocycles. The molecule has 3 nitrogen and oxygen atoms in total. The third-order valence-corrected chi connectivity index (χ3v) is 8.65. The van der Waals surface area contributed by atoms with Crippen LogP contribution in [-0.4, -0.2) is 21.6 Å². The van der Waals surface area contributed by atoms with E-state index in [9.17, 15) is 4.79 Å². The van der Waals surface area contributed by atoms with Gasteiger partial charge in [0.25, 0.3) is 5.91 Å². The van der Waals surface area contributed by atoms with E-state index in [-0.39, 0.29) is 10.6 Å². The summed E-state index contributed by atoms with van der Waals surface area (Å²) in [5, 5.41) is 0.697. The molecule has 3 fully saturated rings. The van der Waals surface area contributed by atoms with Crippen molar-refractivity contribution in [2.24, 2.45) is 11.8 Å². The number of rotatable bonds is 3. The number of fused-ring (bicyclic) bond motifs is 1. The van der Waals surface area contributed by atoms with Crippen molar-refractivity contribution < 1.29 is 9.21 Å². The molecular weight excluding hydrogens is 434 g/mol. The van der Waals surface area contributed by atoms with Crippen LogP contribution in [-0.2, 0) is 4.79 Å². The molecule has 5 rings (SSSR count). The molecule has 1 aliphatic heterocycles. The van der Waals surface area contributed by atoms with E-state index in [1.54, 1.807) is 0 Å². The molecule has 2 aromatic rings. The van der Waals surface area contributed by atoms with Gasteiger partial charge in [-0.25, -0.2) is 0 Å². The monoisotopic (exact) mass is 459 g/mol. The number of nitrogens with zero attached hydrogens (tertiary/aromatic N) is 1. The van der Waals surface area contributed by atoms with E-state index < -0.39 is 0 Å². The molecule has 158 valence electrons. The van der Waals surface area contributed by atoms with Gasteiger partial charge in [0.15, 0.2) is 0 Å². The van der Waals surface area contributed by atoms with Gasteiger partial charge in [0.1, 0.15) is 16.2 Å². The quantitative estimate of drug-likeness (QED) is 0.393. The highest BCUT2D eigenvalue weighted by Gasteiger charge is 2.42. The second kappa shape index (κ2) is 8.68. The third-order valence-electron chi connectivity index (χ3n) is 6.85. The maximum Gasteiger partial charge on any atom is 0.262 e. The Labute approximate surface area is 192 Å². The maximum absolute atomic E-state index is 13.2. The molecule has 0 bridgehead atoms. The average Bonchev–Trinajstić information content (AvgIpc) is 3.33. The first kappa shape index (κ1) is 20.6. The Balaban J connectivity index is 1.31. The number of amides is 1. The Morgan fingerprint density at radius 3 is 2.60 bits per heavy atom. The zero-order valence-electron chi connectivity index (χ0n) is 16.8. The Hall–Kier alpha value is -1.30. The van der Waals surface area contributed by atoms with Gasteiger partial charge < -0.3 is 9.32 Å². The first-order chi connectivity index (χ1) is 14.6. The highest BCUT2D eigenvalue weighted by Crippen LogP contribution is 2.46. The number of thiol groups is 1. The van der Waals surface area contributed by atoms with E-state index >= 15 is 0 Å². The number of halogens is 1. The van der Waals surface area contributed by atoms with Crippen LogP contribution >= 0.6 is 36.0 Å². The minimum absolute atomic E-state index is 0.101. The van der Waals surface area contributed by atoms with Crippen LogP contribution in [0.2, 0.25) is 5.02 Å². The largest absolute Gasteiger partial charge is 0.457 e. The SMILES string of the molecule is O=C1/C(=C/c2ccc(-c3ccc(Cl)cc3)o2)SC(S)N1C1CCC2CCCCC2C1. The van der Waals surface area contributed by atoms with Gasteiger partial charge in [0, 0.05) is 22.7 Å². The van der Waals surface area contributed by atoms with Crippen molar-refractivity contribution in [2.75, 3.05) is 0 Å². The Bertz CT molecular complexity index is 954. The van der Waals surface area contributed by atoms with Crippen molar-refractivity contribution in [3.8, 4) is 11.3 Å². The van der Waals surface area contributed by atoms with Crippen molar-refractivity contribution in [3.63, 3.8) is 0 Å². The molecule has 1 saturated heterocycles. The fraction of sp³-hybridized carbons (Fsp3) is 0.458. The van der Waals surface area contributed by atoms with E-state index in [0.29, 0.717) is 16.8 Å². The summed E-state index contributed by atoms with van der Waals surface area (Å²) in [5.74, 6) is 3.22. The number of thioether (sulfide) groups is 1. The number of carbonyl (C=O) groups excluding carboxylic acids is 1. The van der Waals surface area contributed by atoms with Crippen LogP contribution in [0.15, 0.2) is 45.7 Å². The molecule has 1 amide bonds. The molecule has 0 N–H and O–H groups in total. The lowest BCUT2D eigenvalue weighted by molar-refractivity contribution is -0.128. The van der Waals surface area contributed by atoms with Gasteiger partial charge in [-0.1, -0.05) is 49.0 Å². The summed E-state index contributed by atoms with van der Waals surface area (Å²) < 4.78 is 5.87. The molecule has 2 heterocycles. The van der Waals surface area contributed by atoms with E-state index in [0.717, 1.165) is 40.9 Å². The minimum Gasteiger partial charge on any atom is -0.457 e. The number of hydrogen-bond donors (Lipinski definition) is 1. The zero-order valence-corrected chi connectivity index (χ0v) is 19.3. The first-order valence-corrected chi connectivity index (χ1v) is 12.6. The van der Waals surface area contributed by atoms with Gasteiger partial charge >= 0.3 is 0 Å². The van der Waals surface area contributed by atoms with Crippen molar-refractivity contribution in [2.45, 2.75) is 55.7 Å². The van der Waals surface area contributed by atoms with E-state index in [2.05, 4.69) is 0 Å². The summed E-state index contributed by atoms with van der Waals surface area (Å²) in [6, 6.07) is 11.7. The highest BCUT2D eigenvalue weighted by molar-refractivity contribution is 8.14. The van der Waals surface area contributed by atoms with Gasteiger partial charge in [0.05, 0.1) is 4.91 Å². The molecule has 4 unspecified atom stereocenters. The molecule has 0 spiro atoms. The van der Waals surface area contributed by atoms with Crippen LogP contribution in [0.25, 0.3) is 17.4 Å². The molecular formula is C24H26ClNO2S2. The molecule has 0 radical (unpaired) electrons. The number of hydrogen-bond acceptors (Lipinski definition) is 4. The lowest BCUT2D eigenvalue weighted by Crippen LogP contribution is -2.44. The van der Waals surface area contributed by atoms with Gasteiger partial charge in [0.2, 0.25) is 0 Å². The van der Waals surface area contributed by atoms with Crippen LogP contribution in [0.5, 0.6) is 0 Å². The summed E-state index contributed by atoms with van der Waals surface area (Å²) in [5.41, 5.74) is 0.965. The molecule has 30 heavy (non-hydrogen) atoms. The van der Waals surface area contributed by atoms with Crippen molar-refractivity contribution in [3.05, 3.63) is 52.1 Å². The van der Waals surface area contributed by atoms with Crippen molar-refractivity contribution in [1.82, 2.24) is 4.90 Å². The van der Waals surface area contributed by atoms with Gasteiger partial charge in [-0.3, -0.25) is 4.79 Å². The Morgan fingerprint density at radius 1 is 1.03 bits per heavy atom. The Morgan fingerprint density at radius 2 is 1.80 bits per heavy atom. The van der Waals surface area contributed by atoms with E-state index in [1.807, 2.05) is 47.4 Å². The summed E-state index contributed by atoms with van der Waals surface area (Å²) >= 11 is 12.3. The van der Waals surface area contributed by atoms with Crippen molar-refractivity contribution in [1.29, 1.82) is 0 Å². The zero-order chi connectivity index (χ0) is 20.7. The minimum atomic E-state index is -0.111. The standard InChI is InChI=1S/C24H26ClNO2S2/c25-18-8-5-16(6-9-18)21-12-11-20(28-21)14-22-23(27)26(24(29)30-22)19-10-7-15-3-1-2-4-17(15)13-19/h5-6,8-9,11-12,14-15,17,19,24,29H,1-4,7,10,13H2/b22-14-.